The van der Waals surface area contributed by atoms with Gasteiger partial charge in [0.2, 0.25) is 5.91 Å². The number of aromatic nitrogens is 2. The van der Waals surface area contributed by atoms with Gasteiger partial charge >= 0.3 is 0 Å². The number of amides is 1. The molecule has 0 bridgehead atoms. The number of nitrogens with one attached hydrogen (secondary N) is 4. The lowest BCUT2D eigenvalue weighted by Crippen LogP contribution is -2.43. The number of nitrogens with zero attached hydrogens (tertiary/aromatic N) is 1. The van der Waals surface area contributed by atoms with Gasteiger partial charge in [0.1, 0.15) is 6.04 Å². The number of hydrogen-bond acceptors (Lipinski definition) is 5. The minimum atomic E-state index is -0.325. The van der Waals surface area contributed by atoms with E-state index in [0.29, 0.717) is 17.5 Å². The number of H-pyrrole nitrogens is 1. The summed E-state index contributed by atoms with van der Waals surface area (Å²) in [5.74, 6) is -0.104. The van der Waals surface area contributed by atoms with Crippen LogP contribution >= 0.6 is 0 Å². The number of carbonyl (C=O) groups is 1. The first kappa shape index (κ1) is 16.4. The Hall–Kier alpha value is -3.03. The highest BCUT2D eigenvalue weighted by molar-refractivity contribution is 5.85. The van der Waals surface area contributed by atoms with Crippen molar-refractivity contribution in [3.05, 3.63) is 76.2 Å². The lowest BCUT2D eigenvalue weighted by molar-refractivity contribution is -0.123. The topological polar surface area (TPSA) is 98.9 Å². The third-order valence-corrected chi connectivity index (χ3v) is 4.63. The minimum absolute atomic E-state index is 0.0963. The highest BCUT2D eigenvalue weighted by atomic mass is 16.2. The van der Waals surface area contributed by atoms with Crippen molar-refractivity contribution in [1.82, 2.24) is 26.4 Å². The molecule has 1 aliphatic rings. The average molecular weight is 349 g/mol. The third kappa shape index (κ3) is 3.22. The molecule has 1 amide bonds. The van der Waals surface area contributed by atoms with Crippen molar-refractivity contribution < 1.29 is 4.79 Å². The Kier molecular flexibility index (Phi) is 4.47. The van der Waals surface area contributed by atoms with Crippen LogP contribution in [0.4, 0.5) is 0 Å². The molecule has 26 heavy (non-hydrogen) atoms. The van der Waals surface area contributed by atoms with E-state index >= 15 is 0 Å². The summed E-state index contributed by atoms with van der Waals surface area (Å²) < 4.78 is 0. The molecule has 1 saturated heterocycles. The van der Waals surface area contributed by atoms with Gasteiger partial charge in [-0.25, -0.2) is 16.0 Å². The average Bonchev–Trinajstić information content (AvgIpc) is 3.19. The summed E-state index contributed by atoms with van der Waals surface area (Å²) in [7, 11) is 0. The van der Waals surface area contributed by atoms with Crippen LogP contribution in [-0.2, 0) is 11.3 Å². The fourth-order valence-corrected chi connectivity index (χ4v) is 3.23. The summed E-state index contributed by atoms with van der Waals surface area (Å²) in [6.45, 7) is 0.254. The third-order valence-electron chi connectivity index (χ3n) is 4.63. The van der Waals surface area contributed by atoms with E-state index in [4.69, 9.17) is 0 Å². The summed E-state index contributed by atoms with van der Waals surface area (Å²) >= 11 is 0. The molecule has 2 unspecified atom stereocenters. The molecule has 132 valence electrons. The smallest absolute Gasteiger partial charge is 0.272 e. The zero-order chi connectivity index (χ0) is 17.9. The first-order valence-electron chi connectivity index (χ1n) is 8.52. The van der Waals surface area contributed by atoms with Crippen LogP contribution in [0.15, 0.2) is 59.4 Å². The van der Waals surface area contributed by atoms with Crippen LogP contribution in [0.3, 0.4) is 0 Å². The van der Waals surface area contributed by atoms with Gasteiger partial charge in [0.15, 0.2) is 0 Å². The molecule has 0 saturated carbocycles. The van der Waals surface area contributed by atoms with Gasteiger partial charge in [-0.3, -0.25) is 9.59 Å². The second kappa shape index (κ2) is 7.07. The highest BCUT2D eigenvalue weighted by Crippen LogP contribution is 2.22. The van der Waals surface area contributed by atoms with Gasteiger partial charge in [-0.2, -0.15) is 5.10 Å². The van der Waals surface area contributed by atoms with Gasteiger partial charge in [0.25, 0.3) is 5.56 Å². The first-order chi connectivity index (χ1) is 12.7. The molecule has 4 rings (SSSR count). The maximum absolute atomic E-state index is 12.5. The molecule has 0 spiro atoms. The molecule has 2 atom stereocenters. The molecule has 7 nitrogen and oxygen atoms in total. The number of hydrazine groups is 1. The summed E-state index contributed by atoms with van der Waals surface area (Å²) in [6, 6.07) is 17.0. The Bertz CT molecular complexity index is 986. The fourth-order valence-electron chi connectivity index (χ4n) is 3.23. The second-order valence-corrected chi connectivity index (χ2v) is 6.30. The molecule has 7 heteroatoms. The van der Waals surface area contributed by atoms with Gasteiger partial charge in [-0.05, 0) is 18.1 Å². The summed E-state index contributed by atoms with van der Waals surface area (Å²) in [5.41, 5.74) is 7.76. The maximum atomic E-state index is 12.5. The number of fused-ring (bicyclic) bond motifs is 1. The highest BCUT2D eigenvalue weighted by Gasteiger charge is 2.29. The summed E-state index contributed by atoms with van der Waals surface area (Å²) in [6.07, 6.45) is 0.662. The molecule has 1 aromatic heterocycles. The molecule has 1 aliphatic heterocycles. The van der Waals surface area contributed by atoms with Gasteiger partial charge in [0.05, 0.1) is 17.6 Å². The van der Waals surface area contributed by atoms with Crippen LogP contribution in [-0.4, -0.2) is 22.1 Å². The molecule has 1 fully saturated rings. The SMILES string of the molecule is O=C(NCc1n[nH]c(=O)c2ccccc12)C1CC(c2ccccc2)NN1. The fraction of sp³-hybridized carbons (Fsp3) is 0.211. The van der Waals surface area contributed by atoms with Crippen molar-refractivity contribution in [2.24, 2.45) is 0 Å². The van der Waals surface area contributed by atoms with Crippen LogP contribution < -0.4 is 21.7 Å². The Morgan fingerprint density at radius 2 is 1.77 bits per heavy atom. The molecular weight excluding hydrogens is 330 g/mol. The van der Waals surface area contributed by atoms with E-state index in [9.17, 15) is 9.59 Å². The van der Waals surface area contributed by atoms with Crippen molar-refractivity contribution in [1.29, 1.82) is 0 Å². The number of rotatable bonds is 4. The molecule has 0 aliphatic carbocycles. The van der Waals surface area contributed by atoms with Crippen LogP contribution in [0.1, 0.15) is 23.7 Å². The molecule has 3 aromatic rings. The second-order valence-electron chi connectivity index (χ2n) is 6.30. The van der Waals surface area contributed by atoms with Crippen LogP contribution in [0.25, 0.3) is 10.8 Å². The first-order valence-corrected chi connectivity index (χ1v) is 8.52. The quantitative estimate of drug-likeness (QED) is 0.566. The number of hydrogen-bond donors (Lipinski definition) is 4. The maximum Gasteiger partial charge on any atom is 0.272 e. The Morgan fingerprint density at radius 3 is 2.58 bits per heavy atom. The van der Waals surface area contributed by atoms with Crippen molar-refractivity contribution >= 4 is 16.7 Å². The predicted octanol–water partition coefficient (Wildman–Crippen LogP) is 1.15. The van der Waals surface area contributed by atoms with Crippen LogP contribution in [0.2, 0.25) is 0 Å². The number of benzene rings is 2. The van der Waals surface area contributed by atoms with E-state index in [0.717, 1.165) is 10.9 Å². The Morgan fingerprint density at radius 1 is 1.04 bits per heavy atom. The number of carbonyl (C=O) groups excluding carboxylic acids is 1. The standard InChI is InChI=1S/C19H19N5O2/c25-18-14-9-5-4-8-13(14)17(23-24-18)11-20-19(26)16-10-15(21-22-16)12-6-2-1-3-7-12/h1-9,15-16,21-22H,10-11H2,(H,20,26)(H,24,25). The van der Waals surface area contributed by atoms with Crippen molar-refractivity contribution in [3.63, 3.8) is 0 Å². The van der Waals surface area contributed by atoms with E-state index in [2.05, 4.69) is 26.4 Å². The van der Waals surface area contributed by atoms with Crippen molar-refractivity contribution in [3.8, 4) is 0 Å². The van der Waals surface area contributed by atoms with Gasteiger partial charge in [-0.15, -0.1) is 0 Å². The molecule has 0 radical (unpaired) electrons. The zero-order valence-electron chi connectivity index (χ0n) is 14.0. The van der Waals surface area contributed by atoms with E-state index in [1.165, 1.54) is 0 Å². The summed E-state index contributed by atoms with van der Waals surface area (Å²) in [4.78, 5) is 24.3. The molecular formula is C19H19N5O2. The lowest BCUT2D eigenvalue weighted by atomic mass is 10.0. The van der Waals surface area contributed by atoms with Gasteiger partial charge in [0, 0.05) is 11.4 Å². The minimum Gasteiger partial charge on any atom is -0.349 e. The Labute approximate surface area is 149 Å². The lowest BCUT2D eigenvalue weighted by Gasteiger charge is -2.11. The molecule has 4 N–H and O–H groups in total. The van der Waals surface area contributed by atoms with E-state index < -0.39 is 0 Å². The zero-order valence-corrected chi connectivity index (χ0v) is 14.0. The van der Waals surface area contributed by atoms with Crippen LogP contribution in [0.5, 0.6) is 0 Å². The predicted molar refractivity (Wildman–Crippen MR) is 98.1 cm³/mol. The number of aromatic amines is 1. The van der Waals surface area contributed by atoms with Gasteiger partial charge < -0.3 is 5.32 Å². The van der Waals surface area contributed by atoms with Crippen molar-refractivity contribution in [2.75, 3.05) is 0 Å². The molecule has 2 aromatic carbocycles. The normalized spacial score (nSPS) is 19.5. The van der Waals surface area contributed by atoms with Crippen LogP contribution in [0, 0.1) is 0 Å². The summed E-state index contributed by atoms with van der Waals surface area (Å²) in [5, 5.41) is 10.8. The van der Waals surface area contributed by atoms with Crippen molar-refractivity contribution in [2.45, 2.75) is 25.0 Å². The van der Waals surface area contributed by atoms with E-state index in [1.54, 1.807) is 12.1 Å². The Balaban J connectivity index is 1.42. The van der Waals surface area contributed by atoms with E-state index in [1.807, 2.05) is 42.5 Å². The largest absolute Gasteiger partial charge is 0.349 e. The van der Waals surface area contributed by atoms with E-state index in [-0.39, 0.29) is 30.1 Å². The monoisotopic (exact) mass is 349 g/mol. The molecule has 2 heterocycles. The van der Waals surface area contributed by atoms with Gasteiger partial charge in [-0.1, -0.05) is 48.5 Å².